The first kappa shape index (κ1) is 8.47. The molecule has 0 aliphatic rings. The summed E-state index contributed by atoms with van der Waals surface area (Å²) in [4.78, 5) is 3.76. The molecule has 0 saturated carbocycles. The van der Waals surface area contributed by atoms with E-state index < -0.39 is 0 Å². The molecule has 0 unspecified atom stereocenters. The molecule has 0 spiro atoms. The summed E-state index contributed by atoms with van der Waals surface area (Å²) in [6.45, 7) is 1.03. The van der Waals surface area contributed by atoms with Crippen LogP contribution in [0, 0.1) is 0 Å². The van der Waals surface area contributed by atoms with E-state index in [0.29, 0.717) is 13.1 Å². The number of aromatic nitrogens is 3. The van der Waals surface area contributed by atoms with Crippen LogP contribution in [0.1, 0.15) is 0 Å². The maximum Gasteiger partial charge on any atom is 0.212 e. The summed E-state index contributed by atoms with van der Waals surface area (Å²) in [5.74, 6) is -0.00452. The minimum absolute atomic E-state index is 0.00452. The number of nitrogens with zero attached hydrogens (tertiary/aromatic N) is 4. The van der Waals surface area contributed by atoms with Crippen LogP contribution in [-0.4, -0.2) is 32.7 Å². The molecule has 1 aromatic heterocycles. The number of rotatable bonds is 3. The third kappa shape index (κ3) is 2.54. The lowest BCUT2D eigenvalue weighted by Gasteiger charge is -1.97. The maximum absolute atomic E-state index is 8.25. The first-order valence-electron chi connectivity index (χ1n) is 3.37. The standard InChI is InChI=1S/C5H10N6O/c6-5(9-12)7-1-3-11-4-2-8-10-11/h2,4,12H,1,3H2,(H3,6,7,9). The summed E-state index contributed by atoms with van der Waals surface area (Å²) in [5.41, 5.74) is 6.88. The summed E-state index contributed by atoms with van der Waals surface area (Å²) < 4.78 is 1.62. The molecule has 12 heavy (non-hydrogen) atoms. The van der Waals surface area contributed by atoms with E-state index in [9.17, 15) is 0 Å². The van der Waals surface area contributed by atoms with Gasteiger partial charge in [0.1, 0.15) is 0 Å². The van der Waals surface area contributed by atoms with Crippen molar-refractivity contribution in [3.05, 3.63) is 12.4 Å². The molecule has 1 heterocycles. The van der Waals surface area contributed by atoms with Crippen molar-refractivity contribution in [1.82, 2.24) is 20.5 Å². The van der Waals surface area contributed by atoms with Crippen LogP contribution in [0.15, 0.2) is 17.4 Å². The van der Waals surface area contributed by atoms with Crippen molar-refractivity contribution in [3.63, 3.8) is 0 Å². The van der Waals surface area contributed by atoms with Crippen LogP contribution in [-0.2, 0) is 6.54 Å². The van der Waals surface area contributed by atoms with Gasteiger partial charge in [-0.3, -0.25) is 9.89 Å². The molecule has 0 aliphatic heterocycles. The number of hydrogen-bond acceptors (Lipinski definition) is 4. The van der Waals surface area contributed by atoms with Gasteiger partial charge in [-0.25, -0.2) is 10.5 Å². The van der Waals surface area contributed by atoms with Crippen LogP contribution >= 0.6 is 0 Å². The summed E-state index contributed by atoms with van der Waals surface area (Å²) >= 11 is 0. The van der Waals surface area contributed by atoms with Gasteiger partial charge in [0.05, 0.1) is 19.3 Å². The van der Waals surface area contributed by atoms with Gasteiger partial charge in [-0.15, -0.1) is 5.10 Å². The molecular weight excluding hydrogens is 160 g/mol. The van der Waals surface area contributed by atoms with Gasteiger partial charge in [0.15, 0.2) is 0 Å². The summed E-state index contributed by atoms with van der Waals surface area (Å²) in [6.07, 6.45) is 3.30. The van der Waals surface area contributed by atoms with Crippen molar-refractivity contribution in [2.24, 2.45) is 10.7 Å². The summed E-state index contributed by atoms with van der Waals surface area (Å²) in [5, 5.41) is 15.6. The second-order valence-electron chi connectivity index (χ2n) is 2.04. The lowest BCUT2D eigenvalue weighted by atomic mass is 10.6. The van der Waals surface area contributed by atoms with Crippen LogP contribution in [0.2, 0.25) is 0 Å². The number of hydroxylamine groups is 1. The topological polar surface area (TPSA) is 101 Å². The Kier molecular flexibility index (Phi) is 3.03. The first-order valence-corrected chi connectivity index (χ1v) is 3.37. The van der Waals surface area contributed by atoms with Crippen molar-refractivity contribution in [2.45, 2.75) is 6.54 Å². The van der Waals surface area contributed by atoms with E-state index >= 15 is 0 Å². The van der Waals surface area contributed by atoms with Crippen molar-refractivity contribution in [1.29, 1.82) is 0 Å². The van der Waals surface area contributed by atoms with E-state index in [0.717, 1.165) is 0 Å². The number of guanidine groups is 1. The minimum atomic E-state index is -0.00452. The molecule has 66 valence electrons. The highest BCUT2D eigenvalue weighted by Gasteiger charge is 1.90. The molecule has 0 saturated heterocycles. The Balaban J connectivity index is 2.28. The van der Waals surface area contributed by atoms with E-state index in [1.54, 1.807) is 22.6 Å². The number of nitrogens with two attached hydrogens (primary N) is 1. The Hall–Kier alpha value is -1.63. The molecule has 0 radical (unpaired) electrons. The monoisotopic (exact) mass is 170 g/mol. The molecule has 4 N–H and O–H groups in total. The normalized spacial score (nSPS) is 11.6. The molecule has 0 amide bonds. The predicted octanol–water partition coefficient (Wildman–Crippen LogP) is -1.43. The molecule has 7 heteroatoms. The molecular formula is C5H10N6O. The zero-order valence-electron chi connectivity index (χ0n) is 6.38. The van der Waals surface area contributed by atoms with E-state index in [1.807, 2.05) is 0 Å². The highest BCUT2D eigenvalue weighted by atomic mass is 16.5. The Labute approximate surface area is 68.9 Å². The summed E-state index contributed by atoms with van der Waals surface area (Å²) in [6, 6.07) is 0. The number of hydrogen-bond donors (Lipinski definition) is 3. The molecule has 0 aliphatic carbocycles. The zero-order chi connectivity index (χ0) is 8.81. The SMILES string of the molecule is NC(=NCCn1ccnn1)NO. The lowest BCUT2D eigenvalue weighted by molar-refractivity contribution is 0.232. The third-order valence-corrected chi connectivity index (χ3v) is 1.20. The number of aliphatic imine (C=N–C) groups is 1. The molecule has 0 bridgehead atoms. The molecule has 7 nitrogen and oxygen atoms in total. The van der Waals surface area contributed by atoms with Crippen LogP contribution < -0.4 is 11.2 Å². The maximum atomic E-state index is 8.25. The lowest BCUT2D eigenvalue weighted by Crippen LogP contribution is -2.28. The quantitative estimate of drug-likeness (QED) is 0.293. The van der Waals surface area contributed by atoms with Gasteiger partial charge in [-0.05, 0) is 0 Å². The van der Waals surface area contributed by atoms with Crippen LogP contribution in [0.5, 0.6) is 0 Å². The van der Waals surface area contributed by atoms with Crippen LogP contribution in [0.4, 0.5) is 0 Å². The van der Waals surface area contributed by atoms with Crippen molar-refractivity contribution in [2.75, 3.05) is 6.54 Å². The van der Waals surface area contributed by atoms with E-state index in [1.165, 1.54) is 0 Å². The largest absolute Gasteiger partial charge is 0.368 e. The van der Waals surface area contributed by atoms with Gasteiger partial charge in [0.2, 0.25) is 5.96 Å². The second-order valence-corrected chi connectivity index (χ2v) is 2.04. The third-order valence-electron chi connectivity index (χ3n) is 1.20. The van der Waals surface area contributed by atoms with Gasteiger partial charge in [0.25, 0.3) is 0 Å². The predicted molar refractivity (Wildman–Crippen MR) is 41.4 cm³/mol. The second kappa shape index (κ2) is 4.29. The van der Waals surface area contributed by atoms with Crippen LogP contribution in [0.25, 0.3) is 0 Å². The molecule has 0 aromatic carbocycles. The molecule has 0 atom stereocenters. The van der Waals surface area contributed by atoms with E-state index in [-0.39, 0.29) is 5.96 Å². The van der Waals surface area contributed by atoms with Gasteiger partial charge in [0, 0.05) is 6.20 Å². The Morgan fingerprint density at radius 3 is 3.17 bits per heavy atom. The smallest absolute Gasteiger partial charge is 0.212 e. The van der Waals surface area contributed by atoms with Crippen molar-refractivity contribution >= 4 is 5.96 Å². The van der Waals surface area contributed by atoms with Gasteiger partial charge in [-0.2, -0.15) is 0 Å². The van der Waals surface area contributed by atoms with E-state index in [2.05, 4.69) is 15.3 Å². The Morgan fingerprint density at radius 2 is 2.58 bits per heavy atom. The average Bonchev–Trinajstić information content (AvgIpc) is 2.57. The van der Waals surface area contributed by atoms with Crippen LogP contribution in [0.3, 0.4) is 0 Å². The highest BCUT2D eigenvalue weighted by molar-refractivity contribution is 5.76. The number of nitrogens with one attached hydrogen (secondary N) is 1. The zero-order valence-corrected chi connectivity index (χ0v) is 6.38. The first-order chi connectivity index (χ1) is 5.83. The molecule has 0 fully saturated rings. The molecule has 1 aromatic rings. The Morgan fingerprint density at radius 1 is 1.75 bits per heavy atom. The molecule has 1 rings (SSSR count). The summed E-state index contributed by atoms with van der Waals surface area (Å²) in [7, 11) is 0. The van der Waals surface area contributed by atoms with Gasteiger partial charge in [-0.1, -0.05) is 5.21 Å². The fourth-order valence-corrected chi connectivity index (χ4v) is 0.660. The van der Waals surface area contributed by atoms with Gasteiger partial charge >= 0.3 is 0 Å². The van der Waals surface area contributed by atoms with Crippen molar-refractivity contribution < 1.29 is 5.21 Å². The fourth-order valence-electron chi connectivity index (χ4n) is 0.660. The van der Waals surface area contributed by atoms with E-state index in [4.69, 9.17) is 10.9 Å². The minimum Gasteiger partial charge on any atom is -0.368 e. The van der Waals surface area contributed by atoms with Gasteiger partial charge < -0.3 is 5.73 Å². The van der Waals surface area contributed by atoms with Crippen molar-refractivity contribution in [3.8, 4) is 0 Å². The average molecular weight is 170 g/mol. The fraction of sp³-hybridized carbons (Fsp3) is 0.400. The Bertz CT molecular complexity index is 242. The highest BCUT2D eigenvalue weighted by Crippen LogP contribution is 1.81.